The van der Waals surface area contributed by atoms with E-state index in [1.807, 2.05) is 6.07 Å². The first kappa shape index (κ1) is 17.7. The quantitative estimate of drug-likeness (QED) is 0.261. The van der Waals surface area contributed by atoms with Crippen molar-refractivity contribution < 1.29 is 9.72 Å². The summed E-state index contributed by atoms with van der Waals surface area (Å²) in [6, 6.07) is 7.17. The summed E-state index contributed by atoms with van der Waals surface area (Å²) in [6.07, 6.45) is 4.70. The Hall–Kier alpha value is -3.40. The largest absolute Gasteiger partial charge is 0.369 e. The van der Waals surface area contributed by atoms with Crippen LogP contribution in [0.4, 0.5) is 11.4 Å². The smallest absolute Gasteiger partial charge is 0.269 e. The fourth-order valence-electron chi connectivity index (χ4n) is 1.70. The van der Waals surface area contributed by atoms with E-state index in [1.165, 1.54) is 30.5 Å². The number of hydrogen-bond donors (Lipinski definition) is 1. The van der Waals surface area contributed by atoms with Gasteiger partial charge in [0.25, 0.3) is 11.6 Å². The van der Waals surface area contributed by atoms with Crippen molar-refractivity contribution in [1.29, 1.82) is 5.26 Å². The summed E-state index contributed by atoms with van der Waals surface area (Å²) in [6.45, 7) is 8.14. The first-order valence-electron chi connectivity index (χ1n) is 6.65. The van der Waals surface area contributed by atoms with Crippen molar-refractivity contribution in [2.45, 2.75) is 0 Å². The van der Waals surface area contributed by atoms with Gasteiger partial charge in [0, 0.05) is 37.1 Å². The van der Waals surface area contributed by atoms with Gasteiger partial charge >= 0.3 is 0 Å². The van der Waals surface area contributed by atoms with Crippen LogP contribution in [0.5, 0.6) is 0 Å². The molecule has 0 aliphatic carbocycles. The zero-order valence-corrected chi connectivity index (χ0v) is 12.4. The Morgan fingerprint density at radius 2 is 1.87 bits per heavy atom. The molecule has 7 heteroatoms. The fourth-order valence-corrected chi connectivity index (χ4v) is 1.70. The zero-order chi connectivity index (χ0) is 17.2. The Bertz CT molecular complexity index is 662. The highest BCUT2D eigenvalue weighted by Crippen LogP contribution is 2.16. The standard InChI is InChI=1S/C16H16N4O3/c1-3-9-19(10-4-2)12-13(11-17)16(21)18-14-5-7-15(8-6-14)20(22)23/h3-8,12H,1-2,9-10H2,(H,18,21)/b13-12-. The molecule has 1 aromatic carbocycles. The van der Waals surface area contributed by atoms with Crippen molar-refractivity contribution in [3.63, 3.8) is 0 Å². The highest BCUT2D eigenvalue weighted by Gasteiger charge is 2.12. The molecular weight excluding hydrogens is 296 g/mol. The van der Waals surface area contributed by atoms with Crippen LogP contribution >= 0.6 is 0 Å². The van der Waals surface area contributed by atoms with Crippen molar-refractivity contribution >= 4 is 17.3 Å². The molecular formula is C16H16N4O3. The van der Waals surface area contributed by atoms with Gasteiger partial charge in [0.15, 0.2) is 0 Å². The lowest BCUT2D eigenvalue weighted by atomic mass is 10.2. The fraction of sp³-hybridized carbons (Fsp3) is 0.125. The SMILES string of the molecule is C=CCN(/C=C(/C#N)C(=O)Nc1ccc([N+](=O)[O-])cc1)CC=C. The number of nitro benzene ring substituents is 1. The highest BCUT2D eigenvalue weighted by atomic mass is 16.6. The topological polar surface area (TPSA) is 99.3 Å². The molecule has 23 heavy (non-hydrogen) atoms. The maximum absolute atomic E-state index is 12.1. The van der Waals surface area contributed by atoms with Crippen LogP contribution in [-0.4, -0.2) is 28.8 Å². The molecule has 1 N–H and O–H groups in total. The zero-order valence-electron chi connectivity index (χ0n) is 12.4. The molecule has 0 atom stereocenters. The van der Waals surface area contributed by atoms with Crippen LogP contribution in [0, 0.1) is 21.4 Å². The molecule has 0 saturated carbocycles. The monoisotopic (exact) mass is 312 g/mol. The van der Waals surface area contributed by atoms with Crippen LogP contribution < -0.4 is 5.32 Å². The van der Waals surface area contributed by atoms with E-state index < -0.39 is 10.8 Å². The Morgan fingerprint density at radius 3 is 2.30 bits per heavy atom. The number of anilines is 1. The molecule has 0 unspecified atom stereocenters. The minimum absolute atomic E-state index is 0.0813. The second-order valence-electron chi connectivity index (χ2n) is 4.44. The summed E-state index contributed by atoms with van der Waals surface area (Å²) < 4.78 is 0. The number of non-ortho nitro benzene ring substituents is 1. The van der Waals surface area contributed by atoms with Crippen LogP contribution in [0.25, 0.3) is 0 Å². The van der Waals surface area contributed by atoms with E-state index in [-0.39, 0.29) is 11.3 Å². The number of rotatable bonds is 8. The summed E-state index contributed by atoms with van der Waals surface area (Å²) in [5.74, 6) is -0.598. The number of nitrogens with one attached hydrogen (secondary N) is 1. The molecule has 1 amide bonds. The van der Waals surface area contributed by atoms with Gasteiger partial charge in [-0.3, -0.25) is 14.9 Å². The minimum Gasteiger partial charge on any atom is -0.369 e. The molecule has 118 valence electrons. The van der Waals surface area contributed by atoms with Crippen molar-refractivity contribution in [3.8, 4) is 6.07 Å². The molecule has 7 nitrogen and oxygen atoms in total. The molecule has 0 heterocycles. The van der Waals surface area contributed by atoms with Gasteiger partial charge in [-0.1, -0.05) is 12.2 Å². The van der Waals surface area contributed by atoms with E-state index >= 15 is 0 Å². The van der Waals surface area contributed by atoms with Gasteiger partial charge in [0.05, 0.1) is 4.92 Å². The predicted molar refractivity (Wildman–Crippen MR) is 87.4 cm³/mol. The van der Waals surface area contributed by atoms with Gasteiger partial charge in [0.1, 0.15) is 11.6 Å². The number of benzene rings is 1. The van der Waals surface area contributed by atoms with Crippen LogP contribution in [0.3, 0.4) is 0 Å². The average Bonchev–Trinajstić information content (AvgIpc) is 2.53. The maximum Gasteiger partial charge on any atom is 0.269 e. The number of amides is 1. The third-order valence-electron chi connectivity index (χ3n) is 2.74. The van der Waals surface area contributed by atoms with E-state index in [0.717, 1.165) is 0 Å². The van der Waals surface area contributed by atoms with E-state index in [2.05, 4.69) is 18.5 Å². The molecule has 0 saturated heterocycles. The van der Waals surface area contributed by atoms with Gasteiger partial charge in [-0.25, -0.2) is 0 Å². The van der Waals surface area contributed by atoms with Crippen LogP contribution in [0.15, 0.2) is 61.3 Å². The van der Waals surface area contributed by atoms with Crippen molar-refractivity contribution in [3.05, 3.63) is 71.5 Å². The summed E-state index contributed by atoms with van der Waals surface area (Å²) in [5.41, 5.74) is 0.190. The molecule has 1 aromatic rings. The minimum atomic E-state index is -0.598. The van der Waals surface area contributed by atoms with Crippen molar-refractivity contribution in [1.82, 2.24) is 4.90 Å². The first-order valence-corrected chi connectivity index (χ1v) is 6.65. The Balaban J connectivity index is 2.87. The van der Waals surface area contributed by atoms with Gasteiger partial charge < -0.3 is 10.2 Å². The van der Waals surface area contributed by atoms with E-state index in [0.29, 0.717) is 18.8 Å². The second-order valence-corrected chi connectivity index (χ2v) is 4.44. The van der Waals surface area contributed by atoms with Gasteiger partial charge in [-0.2, -0.15) is 5.26 Å². The normalized spacial score (nSPS) is 10.3. The number of carbonyl (C=O) groups excluding carboxylic acids is 1. The van der Waals surface area contributed by atoms with Crippen molar-refractivity contribution in [2.75, 3.05) is 18.4 Å². The number of nitrogens with zero attached hydrogens (tertiary/aromatic N) is 3. The molecule has 0 aliphatic rings. The first-order chi connectivity index (χ1) is 11.0. The average molecular weight is 312 g/mol. The van der Waals surface area contributed by atoms with Gasteiger partial charge in [0.2, 0.25) is 0 Å². The third-order valence-corrected chi connectivity index (χ3v) is 2.74. The third kappa shape index (κ3) is 5.47. The molecule has 0 radical (unpaired) electrons. The lowest BCUT2D eigenvalue weighted by molar-refractivity contribution is -0.384. The second kappa shape index (κ2) is 8.79. The van der Waals surface area contributed by atoms with Gasteiger partial charge in [-0.15, -0.1) is 13.2 Å². The lowest BCUT2D eigenvalue weighted by Gasteiger charge is -2.16. The Kier molecular flexibility index (Phi) is 6.75. The summed E-state index contributed by atoms with van der Waals surface area (Å²) in [4.78, 5) is 23.8. The number of nitriles is 1. The predicted octanol–water partition coefficient (Wildman–Crippen LogP) is 2.61. The molecule has 0 fully saturated rings. The molecule has 0 aliphatic heterocycles. The summed E-state index contributed by atoms with van der Waals surface area (Å²) in [7, 11) is 0. The maximum atomic E-state index is 12.1. The van der Waals surface area contributed by atoms with Crippen LogP contribution in [0.1, 0.15) is 0 Å². The number of nitro groups is 1. The Labute approximate surface area is 134 Å². The Morgan fingerprint density at radius 1 is 1.30 bits per heavy atom. The van der Waals surface area contributed by atoms with Crippen molar-refractivity contribution in [2.24, 2.45) is 0 Å². The summed E-state index contributed by atoms with van der Waals surface area (Å²) >= 11 is 0. The van der Waals surface area contributed by atoms with Crippen LogP contribution in [-0.2, 0) is 4.79 Å². The van der Waals surface area contributed by atoms with E-state index in [4.69, 9.17) is 5.26 Å². The summed E-state index contributed by atoms with van der Waals surface area (Å²) in [5, 5.41) is 22.2. The lowest BCUT2D eigenvalue weighted by Crippen LogP contribution is -2.21. The molecule has 0 bridgehead atoms. The van der Waals surface area contributed by atoms with Crippen LogP contribution in [0.2, 0.25) is 0 Å². The van der Waals surface area contributed by atoms with E-state index in [9.17, 15) is 14.9 Å². The molecule has 0 spiro atoms. The van der Waals surface area contributed by atoms with Gasteiger partial charge in [-0.05, 0) is 12.1 Å². The molecule has 0 aromatic heterocycles. The highest BCUT2D eigenvalue weighted by molar-refractivity contribution is 6.06. The molecule has 1 rings (SSSR count). The number of hydrogen-bond acceptors (Lipinski definition) is 5. The van der Waals surface area contributed by atoms with E-state index in [1.54, 1.807) is 17.1 Å². The number of carbonyl (C=O) groups is 1.